The molecule has 0 fully saturated rings. The van der Waals surface area contributed by atoms with Crippen LogP contribution in [0.25, 0.3) is 11.0 Å². The molecule has 0 unspecified atom stereocenters. The van der Waals surface area contributed by atoms with Gasteiger partial charge in [-0.2, -0.15) is 0 Å². The van der Waals surface area contributed by atoms with Crippen molar-refractivity contribution in [3.63, 3.8) is 0 Å². The van der Waals surface area contributed by atoms with Gasteiger partial charge in [-0.1, -0.05) is 17.7 Å². The summed E-state index contributed by atoms with van der Waals surface area (Å²) in [4.78, 5) is 12.7. The minimum absolute atomic E-state index is 0.0305. The van der Waals surface area contributed by atoms with E-state index in [2.05, 4.69) is 10.0 Å². The van der Waals surface area contributed by atoms with Gasteiger partial charge < -0.3 is 19.6 Å². The van der Waals surface area contributed by atoms with Crippen molar-refractivity contribution in [2.45, 2.75) is 11.8 Å². The molecule has 0 aliphatic heterocycles. The summed E-state index contributed by atoms with van der Waals surface area (Å²) in [5.41, 5.74) is 1.25. The molecule has 0 aliphatic carbocycles. The summed E-state index contributed by atoms with van der Waals surface area (Å²) in [5, 5.41) is 13.8. The zero-order valence-corrected chi connectivity index (χ0v) is 19.1. The number of methoxy groups -OCH3 is 1. The van der Waals surface area contributed by atoms with Gasteiger partial charge in [0.1, 0.15) is 17.1 Å². The number of aromatic hydroxyl groups is 1. The second-order valence-electron chi connectivity index (χ2n) is 7.17. The Morgan fingerprint density at radius 3 is 2.61 bits per heavy atom. The Kier molecular flexibility index (Phi) is 5.92. The molecule has 0 aliphatic rings. The monoisotopic (exact) mass is 486 g/mol. The number of sulfonamides is 1. The summed E-state index contributed by atoms with van der Waals surface area (Å²) < 4.78 is 38.9. The number of phenols is 1. The Balaban J connectivity index is 1.63. The number of fused-ring (bicyclic) bond motifs is 1. The summed E-state index contributed by atoms with van der Waals surface area (Å²) in [6.07, 6.45) is 0. The number of ether oxygens (including phenoxy) is 1. The summed E-state index contributed by atoms with van der Waals surface area (Å²) >= 11 is 5.91. The predicted octanol–water partition coefficient (Wildman–Crippen LogP) is 5.16. The second-order valence-corrected chi connectivity index (χ2v) is 9.29. The molecule has 1 heterocycles. The number of halogens is 1. The van der Waals surface area contributed by atoms with E-state index in [9.17, 15) is 18.3 Å². The van der Waals surface area contributed by atoms with E-state index in [1.807, 2.05) is 0 Å². The number of carbonyl (C=O) groups is 1. The molecule has 8 nitrogen and oxygen atoms in total. The fourth-order valence-electron chi connectivity index (χ4n) is 3.27. The van der Waals surface area contributed by atoms with Crippen LogP contribution in [0.3, 0.4) is 0 Å². The van der Waals surface area contributed by atoms with Gasteiger partial charge in [-0.25, -0.2) is 8.42 Å². The van der Waals surface area contributed by atoms with E-state index in [1.54, 1.807) is 43.3 Å². The minimum Gasteiger partial charge on any atom is -0.506 e. The van der Waals surface area contributed by atoms with E-state index in [4.69, 9.17) is 20.8 Å². The smallest absolute Gasteiger partial charge is 0.291 e. The van der Waals surface area contributed by atoms with Crippen LogP contribution < -0.4 is 14.8 Å². The van der Waals surface area contributed by atoms with Crippen LogP contribution in [0.5, 0.6) is 11.5 Å². The molecule has 4 aromatic rings. The Morgan fingerprint density at radius 2 is 1.88 bits per heavy atom. The molecule has 1 amide bonds. The van der Waals surface area contributed by atoms with Gasteiger partial charge in [0.2, 0.25) is 0 Å². The maximum atomic E-state index is 12.9. The van der Waals surface area contributed by atoms with Gasteiger partial charge in [0.25, 0.3) is 15.9 Å². The summed E-state index contributed by atoms with van der Waals surface area (Å²) in [7, 11) is -2.48. The van der Waals surface area contributed by atoms with E-state index in [0.29, 0.717) is 27.3 Å². The maximum absolute atomic E-state index is 12.9. The molecule has 33 heavy (non-hydrogen) atoms. The molecule has 0 atom stereocenters. The SMILES string of the molecule is COc1ccc2oc(C(=O)Nc3cc(S(=O)(=O)Nc4cccc(Cl)c4)ccc3O)c(C)c2c1. The Labute approximate surface area is 194 Å². The van der Waals surface area contributed by atoms with Gasteiger partial charge in [-0.3, -0.25) is 9.52 Å². The molecular formula is C23H19ClN2O6S. The van der Waals surface area contributed by atoms with Crippen LogP contribution in [0, 0.1) is 6.92 Å². The Bertz CT molecular complexity index is 1480. The van der Waals surface area contributed by atoms with Crippen LogP contribution in [-0.2, 0) is 10.0 Å². The van der Waals surface area contributed by atoms with Crippen molar-refractivity contribution in [2.75, 3.05) is 17.1 Å². The topological polar surface area (TPSA) is 118 Å². The van der Waals surface area contributed by atoms with Gasteiger partial charge in [0.15, 0.2) is 5.76 Å². The number of carbonyl (C=O) groups excluding carboxylic acids is 1. The Hall–Kier alpha value is -3.69. The first-order valence-corrected chi connectivity index (χ1v) is 11.5. The van der Waals surface area contributed by atoms with E-state index >= 15 is 0 Å². The van der Waals surface area contributed by atoms with Crippen molar-refractivity contribution < 1.29 is 27.5 Å². The lowest BCUT2D eigenvalue weighted by atomic mass is 10.1. The summed E-state index contributed by atoms with van der Waals surface area (Å²) in [6, 6.07) is 14.9. The lowest BCUT2D eigenvalue weighted by Crippen LogP contribution is -2.15. The van der Waals surface area contributed by atoms with E-state index in [0.717, 1.165) is 6.07 Å². The van der Waals surface area contributed by atoms with Crippen LogP contribution in [0.4, 0.5) is 11.4 Å². The zero-order valence-electron chi connectivity index (χ0n) is 17.5. The molecule has 170 valence electrons. The first-order chi connectivity index (χ1) is 15.7. The minimum atomic E-state index is -4.01. The standard InChI is InChI=1S/C23H19ClN2O6S/c1-13-18-11-16(31-2)6-9-21(18)32-22(13)23(28)25-19-12-17(7-8-20(19)27)33(29,30)26-15-5-3-4-14(24)10-15/h3-12,26-27H,1-2H3,(H,25,28). The quantitative estimate of drug-likeness (QED) is 0.324. The predicted molar refractivity (Wildman–Crippen MR) is 126 cm³/mol. The third kappa shape index (κ3) is 4.59. The number of hydrogen-bond donors (Lipinski definition) is 3. The molecule has 10 heteroatoms. The molecule has 0 saturated heterocycles. The van der Waals surface area contributed by atoms with Gasteiger partial charge in [-0.15, -0.1) is 0 Å². The highest BCUT2D eigenvalue weighted by Crippen LogP contribution is 2.32. The van der Waals surface area contributed by atoms with Crippen molar-refractivity contribution in [1.29, 1.82) is 0 Å². The van der Waals surface area contributed by atoms with Crippen LogP contribution >= 0.6 is 11.6 Å². The number of nitrogens with one attached hydrogen (secondary N) is 2. The van der Waals surface area contributed by atoms with Crippen molar-refractivity contribution in [2.24, 2.45) is 0 Å². The van der Waals surface area contributed by atoms with Gasteiger partial charge in [0, 0.05) is 16.0 Å². The second kappa shape index (κ2) is 8.68. The molecule has 0 radical (unpaired) electrons. The molecule has 3 aromatic carbocycles. The number of hydrogen-bond acceptors (Lipinski definition) is 6. The molecule has 3 N–H and O–H groups in total. The lowest BCUT2D eigenvalue weighted by molar-refractivity contribution is 0.0997. The summed E-state index contributed by atoms with van der Waals surface area (Å²) in [5.74, 6) is -0.306. The number of furan rings is 1. The number of phenolic OH excluding ortho intramolecular Hbond substituents is 1. The van der Waals surface area contributed by atoms with E-state index in [-0.39, 0.29) is 27.8 Å². The van der Waals surface area contributed by atoms with E-state index in [1.165, 1.54) is 25.3 Å². The summed E-state index contributed by atoms with van der Waals surface area (Å²) in [6.45, 7) is 1.72. The van der Waals surface area contributed by atoms with Crippen molar-refractivity contribution in [3.8, 4) is 11.5 Å². The molecule has 0 bridgehead atoms. The van der Waals surface area contributed by atoms with Crippen LogP contribution in [0.1, 0.15) is 16.1 Å². The lowest BCUT2D eigenvalue weighted by Gasteiger charge is -2.11. The molecule has 0 saturated carbocycles. The third-order valence-corrected chi connectivity index (χ3v) is 6.57. The first-order valence-electron chi connectivity index (χ1n) is 9.68. The highest BCUT2D eigenvalue weighted by atomic mass is 35.5. The maximum Gasteiger partial charge on any atom is 0.291 e. The number of aryl methyl sites for hydroxylation is 1. The average molecular weight is 487 g/mol. The number of amides is 1. The fraction of sp³-hybridized carbons (Fsp3) is 0.0870. The first kappa shape index (κ1) is 22.5. The van der Waals surface area contributed by atoms with Gasteiger partial charge in [0.05, 0.1) is 23.4 Å². The highest BCUT2D eigenvalue weighted by molar-refractivity contribution is 7.92. The molecule has 1 aromatic heterocycles. The number of anilines is 2. The van der Waals surface area contributed by atoms with Gasteiger partial charge >= 0.3 is 0 Å². The Morgan fingerprint density at radius 1 is 1.09 bits per heavy atom. The number of rotatable bonds is 6. The number of benzene rings is 3. The molecule has 0 spiro atoms. The third-order valence-electron chi connectivity index (χ3n) is 4.95. The zero-order chi connectivity index (χ0) is 23.8. The average Bonchev–Trinajstić information content (AvgIpc) is 3.10. The van der Waals surface area contributed by atoms with Crippen LogP contribution in [0.2, 0.25) is 5.02 Å². The molecule has 4 rings (SSSR count). The van der Waals surface area contributed by atoms with Gasteiger partial charge in [-0.05, 0) is 61.5 Å². The normalized spacial score (nSPS) is 11.4. The van der Waals surface area contributed by atoms with Crippen molar-refractivity contribution in [1.82, 2.24) is 0 Å². The van der Waals surface area contributed by atoms with Crippen LogP contribution in [-0.4, -0.2) is 26.5 Å². The fourth-order valence-corrected chi connectivity index (χ4v) is 4.54. The van der Waals surface area contributed by atoms with Crippen LogP contribution in [0.15, 0.2) is 70.0 Å². The van der Waals surface area contributed by atoms with E-state index < -0.39 is 15.9 Å². The highest BCUT2D eigenvalue weighted by Gasteiger charge is 2.21. The largest absolute Gasteiger partial charge is 0.506 e. The van der Waals surface area contributed by atoms with Crippen molar-refractivity contribution >= 4 is 49.9 Å². The van der Waals surface area contributed by atoms with Crippen molar-refractivity contribution in [3.05, 3.63) is 77.0 Å². The molecular weight excluding hydrogens is 468 g/mol.